The van der Waals surface area contributed by atoms with Crippen LogP contribution in [0.1, 0.15) is 46.5 Å². The van der Waals surface area contributed by atoms with Gasteiger partial charge < -0.3 is 32.8 Å². The molecule has 0 bridgehead atoms. The highest BCUT2D eigenvalue weighted by molar-refractivity contribution is 6.60. The van der Waals surface area contributed by atoms with Crippen LogP contribution in [0.4, 0.5) is 4.79 Å². The van der Waals surface area contributed by atoms with Crippen LogP contribution in [-0.4, -0.2) is 122 Å². The fraction of sp³-hybridized carbons (Fsp3) is 0.920. The Balaban J connectivity index is 2.12. The molecule has 2 aliphatic rings. The topological polar surface area (TPSA) is 119 Å². The zero-order valence-corrected chi connectivity index (χ0v) is 24.5. The summed E-state index contributed by atoms with van der Waals surface area (Å²) in [4.78, 5) is 31.4. The number of hydrogen-bond acceptors (Lipinski definition) is 9. The standard InChI is InChI=1S/C25H47N3O8Si/c1-24(2)14-21(26-20-29)15-25(3,18-24)19-28(23(30)31)22(16-27-8-11-35-12-9-27)17-36-10-7-13-37(32-4,33-5)34-6/h21-22H,7-19H2,1-6H3,(H,30,31). The first-order chi connectivity index (χ1) is 17.5. The molecule has 1 saturated heterocycles. The molecule has 1 N–H and O–H groups in total. The number of nitrogens with zero attached hydrogens (tertiary/aromatic N) is 3. The molecule has 3 atom stereocenters. The average Bonchev–Trinajstić information content (AvgIpc) is 2.84. The molecule has 0 spiro atoms. The van der Waals surface area contributed by atoms with Crippen molar-refractivity contribution in [3.63, 3.8) is 0 Å². The van der Waals surface area contributed by atoms with E-state index in [1.807, 2.05) is 0 Å². The van der Waals surface area contributed by atoms with Crippen molar-refractivity contribution >= 4 is 21.0 Å². The van der Waals surface area contributed by atoms with Gasteiger partial charge in [-0.05, 0) is 36.5 Å². The number of amides is 1. The summed E-state index contributed by atoms with van der Waals surface area (Å²) in [6.45, 7) is 10.8. The third-order valence-electron chi connectivity index (χ3n) is 7.48. The Labute approximate surface area is 222 Å². The van der Waals surface area contributed by atoms with Crippen LogP contribution in [0.5, 0.6) is 0 Å². The highest BCUT2D eigenvalue weighted by atomic mass is 28.4. The lowest BCUT2D eigenvalue weighted by molar-refractivity contribution is -0.0157. The normalized spacial score (nSPS) is 25.3. The summed E-state index contributed by atoms with van der Waals surface area (Å²) in [7, 11) is 2.07. The summed E-state index contributed by atoms with van der Waals surface area (Å²) >= 11 is 0. The number of carbonyl (C=O) groups excluding carboxylic acids is 1. The zero-order chi connectivity index (χ0) is 27.5. The smallest absolute Gasteiger partial charge is 0.465 e. The molecular formula is C25H47N3O8Si. The SMILES string of the molecule is CO[Si](CCCOCC(CN1CCOCC1)N(CC1(C)CC(N=C=O)CC(C)(C)C1)C(=O)O)(OC)OC. The van der Waals surface area contributed by atoms with Crippen molar-refractivity contribution in [3.05, 3.63) is 0 Å². The Bertz CT molecular complexity index is 748. The predicted octanol–water partition coefficient (Wildman–Crippen LogP) is 2.87. The molecule has 37 heavy (non-hydrogen) atoms. The maximum Gasteiger partial charge on any atom is 0.500 e. The third-order valence-corrected chi connectivity index (χ3v) is 10.3. The monoisotopic (exact) mass is 545 g/mol. The van der Waals surface area contributed by atoms with Crippen LogP contribution >= 0.6 is 0 Å². The van der Waals surface area contributed by atoms with Gasteiger partial charge in [-0.2, -0.15) is 0 Å². The van der Waals surface area contributed by atoms with E-state index in [9.17, 15) is 14.7 Å². The molecule has 11 nitrogen and oxygen atoms in total. The number of carboxylic acid groups (broad SMARTS) is 1. The van der Waals surface area contributed by atoms with Crippen LogP contribution in [0.3, 0.4) is 0 Å². The van der Waals surface area contributed by atoms with E-state index >= 15 is 0 Å². The molecule has 0 aromatic heterocycles. The van der Waals surface area contributed by atoms with Crippen molar-refractivity contribution in [2.75, 3.05) is 73.9 Å². The molecule has 0 radical (unpaired) electrons. The van der Waals surface area contributed by atoms with E-state index in [-0.39, 0.29) is 29.5 Å². The maximum atomic E-state index is 12.6. The molecule has 1 aliphatic carbocycles. The Morgan fingerprint density at radius 2 is 1.84 bits per heavy atom. The molecule has 3 unspecified atom stereocenters. The fourth-order valence-corrected chi connectivity index (χ4v) is 7.81. The molecule has 0 aromatic rings. The molecule has 1 heterocycles. The van der Waals surface area contributed by atoms with Gasteiger partial charge in [-0.1, -0.05) is 20.8 Å². The summed E-state index contributed by atoms with van der Waals surface area (Å²) in [6.07, 6.45) is 3.71. The van der Waals surface area contributed by atoms with E-state index in [4.69, 9.17) is 22.8 Å². The molecular weight excluding hydrogens is 498 g/mol. The van der Waals surface area contributed by atoms with Gasteiger partial charge in [0.2, 0.25) is 6.08 Å². The number of carbonyl (C=O) groups is 1. The second kappa shape index (κ2) is 14.7. The number of isocyanates is 1. The minimum Gasteiger partial charge on any atom is -0.465 e. The molecule has 1 amide bonds. The van der Waals surface area contributed by atoms with E-state index in [1.54, 1.807) is 27.4 Å². The van der Waals surface area contributed by atoms with Crippen molar-refractivity contribution in [2.45, 2.75) is 64.6 Å². The summed E-state index contributed by atoms with van der Waals surface area (Å²) in [5.74, 6) is 0. The summed E-state index contributed by atoms with van der Waals surface area (Å²) < 4.78 is 28.0. The Kier molecular flexibility index (Phi) is 12.6. The van der Waals surface area contributed by atoms with Crippen LogP contribution in [0.25, 0.3) is 0 Å². The van der Waals surface area contributed by atoms with Crippen molar-refractivity contribution in [1.82, 2.24) is 9.80 Å². The molecule has 12 heteroatoms. The van der Waals surface area contributed by atoms with Crippen molar-refractivity contribution in [2.24, 2.45) is 15.8 Å². The summed E-state index contributed by atoms with van der Waals surface area (Å²) in [6, 6.07) is 0.112. The molecule has 1 aliphatic heterocycles. The van der Waals surface area contributed by atoms with E-state index in [1.165, 1.54) is 4.90 Å². The molecule has 1 saturated carbocycles. The van der Waals surface area contributed by atoms with E-state index in [0.717, 1.165) is 25.9 Å². The minimum absolute atomic E-state index is 0.0567. The van der Waals surface area contributed by atoms with E-state index < -0.39 is 14.9 Å². The van der Waals surface area contributed by atoms with Crippen LogP contribution in [0, 0.1) is 10.8 Å². The number of aliphatic imine (C=N–C) groups is 1. The van der Waals surface area contributed by atoms with Gasteiger partial charge in [0.15, 0.2) is 0 Å². The van der Waals surface area contributed by atoms with Crippen LogP contribution in [0.2, 0.25) is 6.04 Å². The van der Waals surface area contributed by atoms with Crippen LogP contribution < -0.4 is 0 Å². The Morgan fingerprint density at radius 1 is 1.19 bits per heavy atom. The first-order valence-electron chi connectivity index (χ1n) is 13.1. The maximum absolute atomic E-state index is 12.6. The van der Waals surface area contributed by atoms with Crippen LogP contribution in [-0.2, 0) is 27.5 Å². The summed E-state index contributed by atoms with van der Waals surface area (Å²) in [5.41, 5.74) is -0.381. The van der Waals surface area contributed by atoms with Crippen molar-refractivity contribution < 1.29 is 37.4 Å². The first-order valence-corrected chi connectivity index (χ1v) is 15.0. The quantitative estimate of drug-likeness (QED) is 0.143. The number of ether oxygens (including phenoxy) is 2. The highest BCUT2D eigenvalue weighted by Gasteiger charge is 2.44. The van der Waals surface area contributed by atoms with Gasteiger partial charge in [0.25, 0.3) is 0 Å². The zero-order valence-electron chi connectivity index (χ0n) is 23.5. The van der Waals surface area contributed by atoms with Crippen LogP contribution in [0.15, 0.2) is 4.99 Å². The number of hydrogen-bond donors (Lipinski definition) is 1. The third kappa shape index (κ3) is 10.0. The van der Waals surface area contributed by atoms with Gasteiger partial charge >= 0.3 is 14.9 Å². The Hall–Kier alpha value is -1.37. The van der Waals surface area contributed by atoms with Crippen molar-refractivity contribution in [3.8, 4) is 0 Å². The average molecular weight is 546 g/mol. The highest BCUT2D eigenvalue weighted by Crippen LogP contribution is 2.47. The van der Waals surface area contributed by atoms with E-state index in [2.05, 4.69) is 30.7 Å². The van der Waals surface area contributed by atoms with Gasteiger partial charge in [0.05, 0.1) is 31.9 Å². The minimum atomic E-state index is -2.68. The largest absolute Gasteiger partial charge is 0.500 e. The van der Waals surface area contributed by atoms with Gasteiger partial charge in [-0.25, -0.2) is 14.6 Å². The first kappa shape index (κ1) is 31.8. The number of morpholine rings is 1. The lowest BCUT2D eigenvalue weighted by Crippen LogP contribution is -2.55. The van der Waals surface area contributed by atoms with E-state index in [0.29, 0.717) is 51.8 Å². The molecule has 214 valence electrons. The van der Waals surface area contributed by atoms with Gasteiger partial charge in [-0.15, -0.1) is 0 Å². The van der Waals surface area contributed by atoms with Gasteiger partial charge in [-0.3, -0.25) is 4.90 Å². The number of rotatable bonds is 15. The second-order valence-corrected chi connectivity index (χ2v) is 14.5. The lowest BCUT2D eigenvalue weighted by Gasteiger charge is -2.48. The molecule has 2 rings (SSSR count). The Morgan fingerprint density at radius 3 is 2.41 bits per heavy atom. The lowest BCUT2D eigenvalue weighted by atomic mass is 9.62. The predicted molar refractivity (Wildman–Crippen MR) is 140 cm³/mol. The molecule has 0 aromatic carbocycles. The fourth-order valence-electron chi connectivity index (χ4n) is 6.12. The molecule has 2 fully saturated rings. The van der Waals surface area contributed by atoms with Gasteiger partial charge in [0.1, 0.15) is 0 Å². The second-order valence-electron chi connectivity index (χ2n) is 11.4. The summed E-state index contributed by atoms with van der Waals surface area (Å²) in [5, 5.41) is 10.3. The van der Waals surface area contributed by atoms with Gasteiger partial charge in [0, 0.05) is 60.2 Å². The van der Waals surface area contributed by atoms with Crippen molar-refractivity contribution in [1.29, 1.82) is 0 Å².